The molecule has 2 aromatic rings. The third kappa shape index (κ3) is 3.65. The molecule has 0 fully saturated rings. The van der Waals surface area contributed by atoms with E-state index in [1.165, 1.54) is 6.07 Å². The number of para-hydroxylation sites is 1. The number of anilines is 1. The molecule has 20 heavy (non-hydrogen) atoms. The van der Waals surface area contributed by atoms with Crippen molar-refractivity contribution in [2.45, 2.75) is 4.90 Å². The normalized spacial score (nSPS) is 11.4. The van der Waals surface area contributed by atoms with E-state index in [0.717, 1.165) is 0 Å². The second-order valence-corrected chi connectivity index (χ2v) is 8.91. The van der Waals surface area contributed by atoms with E-state index >= 15 is 0 Å². The molecule has 0 aliphatic heterocycles. The van der Waals surface area contributed by atoms with Gasteiger partial charge in [-0.3, -0.25) is 4.72 Å². The van der Waals surface area contributed by atoms with Gasteiger partial charge in [0.2, 0.25) is 0 Å². The quantitative estimate of drug-likeness (QED) is 0.548. The van der Waals surface area contributed by atoms with Crippen LogP contribution in [-0.2, 0) is 10.0 Å². The maximum absolute atomic E-state index is 12.5. The highest BCUT2D eigenvalue weighted by Gasteiger charge is 2.20. The number of rotatable bonds is 3. The summed E-state index contributed by atoms with van der Waals surface area (Å²) in [7, 11) is -3.70. The molecule has 0 heterocycles. The minimum atomic E-state index is -3.70. The van der Waals surface area contributed by atoms with Gasteiger partial charge >= 0.3 is 0 Å². The van der Waals surface area contributed by atoms with Crippen LogP contribution in [0.5, 0.6) is 0 Å². The minimum Gasteiger partial charge on any atom is -0.277 e. The van der Waals surface area contributed by atoms with Crippen LogP contribution < -0.4 is 4.72 Å². The fourth-order valence-electron chi connectivity index (χ4n) is 1.47. The van der Waals surface area contributed by atoms with Gasteiger partial charge in [0, 0.05) is 17.9 Å². The summed E-state index contributed by atoms with van der Waals surface area (Å²) in [6.45, 7) is 0. The first-order valence-electron chi connectivity index (χ1n) is 5.23. The molecule has 0 atom stereocenters. The Kier molecular flexibility index (Phi) is 5.34. The van der Waals surface area contributed by atoms with Crippen LogP contribution in [0.15, 0.2) is 59.2 Å². The van der Waals surface area contributed by atoms with Gasteiger partial charge in [-0.2, -0.15) is 0 Å². The minimum absolute atomic E-state index is 0.162. The molecule has 106 valence electrons. The fraction of sp³-hybridized carbons (Fsp3) is 0. The first kappa shape index (κ1) is 16.5. The summed E-state index contributed by atoms with van der Waals surface area (Å²) in [5.74, 6) is 0. The number of hydrogen-bond donors (Lipinski definition) is 1. The van der Waals surface area contributed by atoms with Crippen LogP contribution in [0.1, 0.15) is 0 Å². The van der Waals surface area contributed by atoms with Gasteiger partial charge in [-0.15, -0.1) is 0 Å². The Morgan fingerprint density at radius 1 is 0.850 bits per heavy atom. The second kappa shape index (κ2) is 6.48. The standard InChI is InChI=1S/C12H7Br4NO2S/c13-7-4-5-8(14)11(6-7)20(18,19)17-12-9(15)2-1-3-10(12)16/h1-6,17H. The Hall–Kier alpha value is 0.110. The van der Waals surface area contributed by atoms with Crippen molar-refractivity contribution in [2.24, 2.45) is 0 Å². The van der Waals surface area contributed by atoms with E-state index in [0.29, 0.717) is 23.6 Å². The fourth-order valence-corrected chi connectivity index (χ4v) is 5.53. The van der Waals surface area contributed by atoms with Crippen molar-refractivity contribution in [1.29, 1.82) is 0 Å². The molecule has 2 aromatic carbocycles. The molecule has 3 nitrogen and oxygen atoms in total. The van der Waals surface area contributed by atoms with Crippen molar-refractivity contribution in [3.05, 3.63) is 54.3 Å². The zero-order valence-corrected chi connectivity index (χ0v) is 16.9. The largest absolute Gasteiger partial charge is 0.277 e. The molecule has 0 bridgehead atoms. The first-order chi connectivity index (χ1) is 9.31. The smallest absolute Gasteiger partial charge is 0.263 e. The van der Waals surface area contributed by atoms with E-state index in [1.807, 2.05) is 0 Å². The molecule has 0 saturated heterocycles. The van der Waals surface area contributed by atoms with Crippen molar-refractivity contribution in [1.82, 2.24) is 0 Å². The van der Waals surface area contributed by atoms with Crippen LogP contribution in [0.2, 0.25) is 0 Å². The van der Waals surface area contributed by atoms with E-state index < -0.39 is 10.0 Å². The third-order valence-electron chi connectivity index (χ3n) is 2.38. The van der Waals surface area contributed by atoms with Gasteiger partial charge in [-0.25, -0.2) is 8.42 Å². The Labute approximate surface area is 150 Å². The number of hydrogen-bond acceptors (Lipinski definition) is 2. The number of benzene rings is 2. The molecular formula is C12H7Br4NO2S. The van der Waals surface area contributed by atoms with E-state index in [1.54, 1.807) is 30.3 Å². The highest BCUT2D eigenvalue weighted by Crippen LogP contribution is 2.34. The van der Waals surface area contributed by atoms with Crippen LogP contribution in [0.3, 0.4) is 0 Å². The van der Waals surface area contributed by atoms with E-state index in [-0.39, 0.29) is 4.90 Å². The maximum Gasteiger partial charge on any atom is 0.263 e. The topological polar surface area (TPSA) is 46.2 Å². The first-order valence-corrected chi connectivity index (χ1v) is 9.88. The van der Waals surface area contributed by atoms with Gasteiger partial charge in [0.05, 0.1) is 5.69 Å². The zero-order chi connectivity index (χ0) is 14.9. The third-order valence-corrected chi connectivity index (χ3v) is 6.54. The zero-order valence-electron chi connectivity index (χ0n) is 9.70. The van der Waals surface area contributed by atoms with Gasteiger partial charge in [0.25, 0.3) is 10.0 Å². The number of nitrogens with one attached hydrogen (secondary N) is 1. The molecule has 0 saturated carbocycles. The van der Waals surface area contributed by atoms with E-state index in [4.69, 9.17) is 0 Å². The van der Waals surface area contributed by atoms with Gasteiger partial charge in [0.15, 0.2) is 0 Å². The summed E-state index contributed by atoms with van der Waals surface area (Å²) < 4.78 is 30.0. The lowest BCUT2D eigenvalue weighted by Gasteiger charge is -2.12. The summed E-state index contributed by atoms with van der Waals surface area (Å²) >= 11 is 13.2. The van der Waals surface area contributed by atoms with Crippen LogP contribution in [0.25, 0.3) is 0 Å². The average Bonchev–Trinajstić information content (AvgIpc) is 2.37. The molecule has 0 aromatic heterocycles. The molecule has 0 amide bonds. The molecule has 8 heteroatoms. The predicted molar refractivity (Wildman–Crippen MR) is 94.5 cm³/mol. The number of halogens is 4. The lowest BCUT2D eigenvalue weighted by atomic mass is 10.3. The maximum atomic E-state index is 12.5. The Bertz CT molecular complexity index is 742. The predicted octanol–water partition coefficient (Wildman–Crippen LogP) is 5.54. The van der Waals surface area contributed by atoms with Gasteiger partial charge in [0.1, 0.15) is 4.90 Å². The second-order valence-electron chi connectivity index (χ2n) is 3.78. The lowest BCUT2D eigenvalue weighted by Crippen LogP contribution is -2.14. The van der Waals surface area contributed by atoms with Crippen molar-refractivity contribution in [3.63, 3.8) is 0 Å². The van der Waals surface area contributed by atoms with Crippen LogP contribution in [0, 0.1) is 0 Å². The van der Waals surface area contributed by atoms with Crippen molar-refractivity contribution in [3.8, 4) is 0 Å². The Morgan fingerprint density at radius 3 is 2.05 bits per heavy atom. The van der Waals surface area contributed by atoms with Crippen LogP contribution in [0.4, 0.5) is 5.69 Å². The summed E-state index contributed by atoms with van der Waals surface area (Å²) in [6.07, 6.45) is 0. The van der Waals surface area contributed by atoms with Gasteiger partial charge < -0.3 is 0 Å². The lowest BCUT2D eigenvalue weighted by molar-refractivity contribution is 0.600. The van der Waals surface area contributed by atoms with Crippen molar-refractivity contribution >= 4 is 79.4 Å². The van der Waals surface area contributed by atoms with E-state index in [2.05, 4.69) is 68.4 Å². The highest BCUT2D eigenvalue weighted by molar-refractivity contribution is 9.11. The Balaban J connectivity index is 2.49. The molecule has 0 radical (unpaired) electrons. The molecule has 1 N–H and O–H groups in total. The SMILES string of the molecule is O=S(=O)(Nc1c(Br)cccc1Br)c1cc(Br)ccc1Br. The van der Waals surface area contributed by atoms with Gasteiger partial charge in [-0.05, 0) is 78.1 Å². The summed E-state index contributed by atoms with van der Waals surface area (Å²) in [5.41, 5.74) is 0.458. The molecule has 2 rings (SSSR count). The average molecular weight is 549 g/mol. The molecule has 0 unspecified atom stereocenters. The van der Waals surface area contributed by atoms with Crippen molar-refractivity contribution in [2.75, 3.05) is 4.72 Å². The summed E-state index contributed by atoms with van der Waals surface area (Å²) in [4.78, 5) is 0.162. The molecule has 0 aliphatic carbocycles. The van der Waals surface area contributed by atoms with E-state index in [9.17, 15) is 8.42 Å². The number of sulfonamides is 1. The molecular weight excluding hydrogens is 542 g/mol. The highest BCUT2D eigenvalue weighted by atomic mass is 79.9. The Morgan fingerprint density at radius 2 is 1.45 bits per heavy atom. The summed E-state index contributed by atoms with van der Waals surface area (Å²) in [6, 6.07) is 10.3. The monoisotopic (exact) mass is 545 g/mol. The van der Waals surface area contributed by atoms with Crippen molar-refractivity contribution < 1.29 is 8.42 Å². The molecule has 0 aliphatic rings. The van der Waals surface area contributed by atoms with Gasteiger partial charge in [-0.1, -0.05) is 22.0 Å². The summed E-state index contributed by atoms with van der Waals surface area (Å²) in [5, 5.41) is 0. The molecule has 0 spiro atoms. The van der Waals surface area contributed by atoms with Crippen LogP contribution in [-0.4, -0.2) is 8.42 Å². The van der Waals surface area contributed by atoms with Crippen LogP contribution >= 0.6 is 63.7 Å².